The van der Waals surface area contributed by atoms with Gasteiger partial charge in [0.05, 0.1) is 0 Å². The smallest absolute Gasteiger partial charge is 0.460 e. The van der Waals surface area contributed by atoms with Crippen LogP contribution < -0.4 is 0 Å². The number of carbonyl (C=O) groups is 2. The molecule has 28 heteroatoms. The lowest BCUT2D eigenvalue weighted by atomic mass is 9.84. The Labute approximate surface area is 209 Å². The van der Waals surface area contributed by atoms with E-state index < -0.39 is 83.1 Å². The molecule has 0 saturated carbocycles. The maximum absolute atomic E-state index is 13.6. The largest absolute Gasteiger partial charge is 0.475 e. The number of Topliss-reactive ketones (excluding diaryl/α,β-unsaturated/α-hetero) is 1. The summed E-state index contributed by atoms with van der Waals surface area (Å²) in [5.41, 5.74) is 0. The number of carbonyl (C=O) groups excluding carboxylic acids is 1. The molecular weight excluding hydrogens is 691 g/mol. The summed E-state index contributed by atoms with van der Waals surface area (Å²) in [5, 5.41) is 7.78. The topological polar surface area (TPSA) is 54.4 Å². The monoisotopic (exact) mass is 692 g/mol. The van der Waals surface area contributed by atoms with Gasteiger partial charge in [-0.15, -0.1) is 0 Å². The fraction of sp³-hybridized carbons (Fsp3) is 0.857. The normalized spacial score (nSPS) is 16.5. The first-order chi connectivity index (χ1) is 17.6. The number of halogens is 25. The van der Waals surface area contributed by atoms with Gasteiger partial charge >= 0.3 is 83.1 Å². The van der Waals surface area contributed by atoms with Gasteiger partial charge in [0.2, 0.25) is 0 Å². The van der Waals surface area contributed by atoms with Crippen molar-refractivity contribution in [3.05, 3.63) is 0 Å². The van der Waals surface area contributed by atoms with Crippen molar-refractivity contribution in [1.82, 2.24) is 0 Å². The van der Waals surface area contributed by atoms with Crippen LogP contribution in [-0.2, 0) is 9.59 Å². The summed E-state index contributed by atoms with van der Waals surface area (Å²) >= 11 is 0. The van der Waals surface area contributed by atoms with Gasteiger partial charge in [-0.3, -0.25) is 4.79 Å². The molecule has 250 valence electrons. The third-order valence-corrected chi connectivity index (χ3v) is 4.78. The quantitative estimate of drug-likeness (QED) is 0.174. The second-order valence-corrected chi connectivity index (χ2v) is 7.45. The molecule has 0 unspecified atom stereocenters. The van der Waals surface area contributed by atoms with Crippen molar-refractivity contribution in [1.29, 1.82) is 0 Å². The Morgan fingerprint density at radius 1 is 0.310 bits per heavy atom. The van der Waals surface area contributed by atoms with Crippen LogP contribution in [0.5, 0.6) is 0 Å². The van der Waals surface area contributed by atoms with Crippen molar-refractivity contribution >= 4 is 11.8 Å². The van der Waals surface area contributed by atoms with Gasteiger partial charge in [0, 0.05) is 0 Å². The molecule has 0 aliphatic carbocycles. The maximum Gasteiger partial charge on any atom is 0.460 e. The summed E-state index contributed by atoms with van der Waals surface area (Å²) in [7, 11) is 0. The van der Waals surface area contributed by atoms with Crippen LogP contribution in [0, 0.1) is 0 Å². The number of aliphatic carboxylic acids is 1. The molecule has 0 bridgehead atoms. The summed E-state index contributed by atoms with van der Waals surface area (Å²) in [4.78, 5) is 20.4. The van der Waals surface area contributed by atoms with Crippen molar-refractivity contribution in [2.24, 2.45) is 0 Å². The SMILES string of the molecule is O=C(O)C(=O)C(F)(F)C(F)(F)C(F)(F)C(F)(F)C(F)(F)C(F)(F)C(F)(F)C(F)(F)C(F)(F)C(F)(F)C(F)(F)C(F)(F)F. The van der Waals surface area contributed by atoms with Gasteiger partial charge < -0.3 is 5.11 Å². The first-order valence-electron chi connectivity index (χ1n) is 8.61. The first-order valence-corrected chi connectivity index (χ1v) is 8.61. The van der Waals surface area contributed by atoms with Crippen molar-refractivity contribution in [3.63, 3.8) is 0 Å². The molecule has 0 amide bonds. The van der Waals surface area contributed by atoms with E-state index in [1.165, 1.54) is 0 Å². The summed E-state index contributed by atoms with van der Waals surface area (Å²) in [6.07, 6.45) is -8.23. The van der Waals surface area contributed by atoms with E-state index in [9.17, 15) is 119 Å². The molecule has 0 heterocycles. The van der Waals surface area contributed by atoms with Gasteiger partial charge in [-0.05, 0) is 0 Å². The predicted octanol–water partition coefficient (Wildman–Crippen LogP) is 7.19. The lowest BCUT2D eigenvalue weighted by molar-refractivity contribution is -0.481. The molecule has 0 atom stereocenters. The Morgan fingerprint density at radius 2 is 0.476 bits per heavy atom. The lowest BCUT2D eigenvalue weighted by Crippen LogP contribution is -2.78. The van der Waals surface area contributed by atoms with E-state index in [2.05, 4.69) is 0 Å². The first kappa shape index (κ1) is 39.4. The van der Waals surface area contributed by atoms with Crippen LogP contribution in [0.1, 0.15) is 0 Å². The van der Waals surface area contributed by atoms with Crippen LogP contribution in [-0.4, -0.2) is 88.2 Å². The van der Waals surface area contributed by atoms with E-state index in [-0.39, 0.29) is 0 Å². The van der Waals surface area contributed by atoms with Crippen molar-refractivity contribution in [2.45, 2.75) is 71.3 Å². The van der Waals surface area contributed by atoms with E-state index in [0.29, 0.717) is 0 Å². The fourth-order valence-corrected chi connectivity index (χ4v) is 2.23. The molecule has 0 saturated heterocycles. The number of alkyl halides is 25. The van der Waals surface area contributed by atoms with Gasteiger partial charge in [-0.1, -0.05) is 0 Å². The lowest BCUT2D eigenvalue weighted by Gasteiger charge is -2.45. The molecule has 3 nitrogen and oxygen atoms in total. The molecular formula is C14HF25O3. The molecule has 0 aromatic carbocycles. The van der Waals surface area contributed by atoms with E-state index in [1.807, 2.05) is 0 Å². The number of ketones is 1. The Morgan fingerprint density at radius 3 is 0.643 bits per heavy atom. The zero-order valence-corrected chi connectivity index (χ0v) is 17.7. The summed E-state index contributed by atoms with van der Waals surface area (Å²) in [6.45, 7) is 0. The Kier molecular flexibility index (Phi) is 8.86. The highest BCUT2D eigenvalue weighted by Gasteiger charge is 2.99. The van der Waals surface area contributed by atoms with E-state index >= 15 is 0 Å². The molecule has 0 aliphatic rings. The predicted molar refractivity (Wildman–Crippen MR) is 73.1 cm³/mol. The molecule has 0 fully saturated rings. The van der Waals surface area contributed by atoms with E-state index in [1.54, 1.807) is 0 Å². The zero-order valence-electron chi connectivity index (χ0n) is 17.7. The standard InChI is InChI=1S/C14HF25O3/c15-3(16,1(40)2(41)42)4(17,18)5(19,20)6(21,22)7(23,24)8(25,26)9(27,28)10(29,30)11(31,32)12(33,34)13(35,36)14(37,38)39/h(H,41,42). The number of rotatable bonds is 12. The van der Waals surface area contributed by atoms with Crippen molar-refractivity contribution in [2.75, 3.05) is 0 Å². The average molecular weight is 692 g/mol. The van der Waals surface area contributed by atoms with Gasteiger partial charge in [-0.25, -0.2) is 4.79 Å². The third-order valence-electron chi connectivity index (χ3n) is 4.78. The Bertz CT molecular complexity index is 1060. The van der Waals surface area contributed by atoms with Crippen LogP contribution in [0.15, 0.2) is 0 Å². The molecule has 0 aromatic heterocycles. The van der Waals surface area contributed by atoms with E-state index in [0.717, 1.165) is 0 Å². The van der Waals surface area contributed by atoms with Crippen LogP contribution in [0.3, 0.4) is 0 Å². The van der Waals surface area contributed by atoms with Gasteiger partial charge in [0.1, 0.15) is 0 Å². The zero-order chi connectivity index (χ0) is 35.2. The second-order valence-electron chi connectivity index (χ2n) is 7.45. The molecule has 0 aliphatic heterocycles. The summed E-state index contributed by atoms with van der Waals surface area (Å²) < 4.78 is 329. The molecule has 0 spiro atoms. The highest BCUT2D eigenvalue weighted by atomic mass is 19.4. The Balaban J connectivity index is 7.42. The van der Waals surface area contributed by atoms with Crippen LogP contribution in [0.2, 0.25) is 0 Å². The fourth-order valence-electron chi connectivity index (χ4n) is 2.23. The molecule has 0 aromatic rings. The molecule has 0 rings (SSSR count). The summed E-state index contributed by atoms with van der Waals surface area (Å²) in [6, 6.07) is 0. The number of hydrogen-bond donors (Lipinski definition) is 1. The van der Waals surface area contributed by atoms with Crippen molar-refractivity contribution in [3.8, 4) is 0 Å². The van der Waals surface area contributed by atoms with Crippen LogP contribution in [0.25, 0.3) is 0 Å². The van der Waals surface area contributed by atoms with Crippen LogP contribution in [0.4, 0.5) is 110 Å². The van der Waals surface area contributed by atoms with Gasteiger partial charge in [0.25, 0.3) is 0 Å². The molecule has 42 heavy (non-hydrogen) atoms. The highest BCUT2D eigenvalue weighted by Crippen LogP contribution is 2.67. The van der Waals surface area contributed by atoms with Gasteiger partial charge in [0.15, 0.2) is 0 Å². The number of hydrogen-bond acceptors (Lipinski definition) is 2. The van der Waals surface area contributed by atoms with Gasteiger partial charge in [-0.2, -0.15) is 110 Å². The van der Waals surface area contributed by atoms with Crippen molar-refractivity contribution < 1.29 is 124 Å². The number of carboxylic acid groups (broad SMARTS) is 1. The third kappa shape index (κ3) is 4.37. The summed E-state index contributed by atoms with van der Waals surface area (Å²) in [5.74, 6) is -110. The average Bonchev–Trinajstić information content (AvgIpc) is 2.75. The highest BCUT2D eigenvalue weighted by molar-refractivity contribution is 6.35. The molecule has 1 N–H and O–H groups in total. The minimum atomic E-state index is -9.74. The Hall–Kier alpha value is -2.61. The minimum absolute atomic E-state index is 4.01. The minimum Gasteiger partial charge on any atom is -0.475 e. The maximum atomic E-state index is 13.6. The number of carboxylic acids is 1. The van der Waals surface area contributed by atoms with Crippen LogP contribution >= 0.6 is 0 Å². The molecule has 0 radical (unpaired) electrons. The van der Waals surface area contributed by atoms with E-state index in [4.69, 9.17) is 5.11 Å². The second kappa shape index (κ2) is 9.44.